The molecule has 4 rings (SSSR count). The second kappa shape index (κ2) is 8.98. The highest BCUT2D eigenvalue weighted by atomic mass is 16.3. The summed E-state index contributed by atoms with van der Waals surface area (Å²) in [5, 5.41) is 10.9. The van der Waals surface area contributed by atoms with Crippen LogP contribution < -0.4 is 10.5 Å². The van der Waals surface area contributed by atoms with Gasteiger partial charge < -0.3 is 14.6 Å². The van der Waals surface area contributed by atoms with Gasteiger partial charge in [-0.05, 0) is 44.5 Å². The van der Waals surface area contributed by atoms with E-state index in [1.807, 2.05) is 19.9 Å². The predicted molar refractivity (Wildman–Crippen MR) is 126 cm³/mol. The Morgan fingerprint density at radius 1 is 0.935 bits per heavy atom. The zero-order valence-corrected chi connectivity index (χ0v) is 18.6. The van der Waals surface area contributed by atoms with Crippen LogP contribution in [-0.2, 0) is 6.54 Å². The lowest BCUT2D eigenvalue weighted by Crippen LogP contribution is -2.49. The van der Waals surface area contributed by atoms with E-state index >= 15 is 0 Å². The van der Waals surface area contributed by atoms with Crippen LogP contribution in [0.15, 0.2) is 65.5 Å². The van der Waals surface area contributed by atoms with Crippen molar-refractivity contribution in [2.24, 2.45) is 0 Å². The first-order valence-electron chi connectivity index (χ1n) is 11.0. The van der Waals surface area contributed by atoms with Crippen LogP contribution >= 0.6 is 0 Å². The van der Waals surface area contributed by atoms with Crippen molar-refractivity contribution in [1.82, 2.24) is 9.47 Å². The van der Waals surface area contributed by atoms with Crippen molar-refractivity contribution in [3.05, 3.63) is 93.4 Å². The number of pyridine rings is 1. The van der Waals surface area contributed by atoms with Crippen LogP contribution in [0.4, 0.5) is 5.69 Å². The van der Waals surface area contributed by atoms with Gasteiger partial charge in [-0.25, -0.2) is 0 Å². The van der Waals surface area contributed by atoms with E-state index in [9.17, 15) is 9.90 Å². The molecule has 2 heterocycles. The quantitative estimate of drug-likeness (QED) is 0.679. The van der Waals surface area contributed by atoms with Crippen molar-refractivity contribution in [2.45, 2.75) is 33.4 Å². The molecular weight excluding hydrogens is 386 g/mol. The second-order valence-electron chi connectivity index (χ2n) is 8.31. The highest BCUT2D eigenvalue weighted by Gasteiger charge is 2.31. The van der Waals surface area contributed by atoms with Gasteiger partial charge in [-0.2, -0.15) is 0 Å². The highest BCUT2D eigenvalue weighted by molar-refractivity contribution is 5.47. The van der Waals surface area contributed by atoms with Crippen LogP contribution in [0.2, 0.25) is 0 Å². The maximum absolute atomic E-state index is 13.4. The Morgan fingerprint density at radius 2 is 1.58 bits per heavy atom. The normalized spacial score (nSPS) is 15.8. The molecule has 1 aromatic heterocycles. The molecule has 1 saturated heterocycles. The van der Waals surface area contributed by atoms with Crippen LogP contribution in [0, 0.1) is 13.8 Å². The molecule has 3 aromatic rings. The monoisotopic (exact) mass is 417 g/mol. The number of aromatic nitrogens is 1. The Balaban J connectivity index is 1.72. The minimum Gasteiger partial charge on any atom is -0.507 e. The van der Waals surface area contributed by atoms with Gasteiger partial charge in [0.1, 0.15) is 5.75 Å². The van der Waals surface area contributed by atoms with Crippen molar-refractivity contribution in [3.8, 4) is 5.75 Å². The zero-order valence-electron chi connectivity index (χ0n) is 18.6. The molecule has 1 aliphatic heterocycles. The van der Waals surface area contributed by atoms with E-state index in [2.05, 4.69) is 65.3 Å². The summed E-state index contributed by atoms with van der Waals surface area (Å²) >= 11 is 0. The molecule has 2 aromatic carbocycles. The van der Waals surface area contributed by atoms with Gasteiger partial charge in [0, 0.05) is 44.1 Å². The van der Waals surface area contributed by atoms with Gasteiger partial charge in [0.25, 0.3) is 5.56 Å². The molecule has 1 fully saturated rings. The van der Waals surface area contributed by atoms with Crippen molar-refractivity contribution < 1.29 is 5.11 Å². The lowest BCUT2D eigenvalue weighted by atomic mass is 9.95. The average Bonchev–Trinajstić information content (AvgIpc) is 2.78. The first kappa shape index (κ1) is 21.2. The van der Waals surface area contributed by atoms with Gasteiger partial charge in [-0.1, -0.05) is 48.0 Å². The number of nitrogens with zero attached hydrogens (tertiary/aromatic N) is 3. The second-order valence-corrected chi connectivity index (χ2v) is 8.31. The molecule has 5 heteroatoms. The Labute approximate surface area is 184 Å². The summed E-state index contributed by atoms with van der Waals surface area (Å²) in [6, 6.07) is 20.2. The Kier molecular flexibility index (Phi) is 6.14. The van der Waals surface area contributed by atoms with Gasteiger partial charge >= 0.3 is 0 Å². The summed E-state index contributed by atoms with van der Waals surface area (Å²) in [6.45, 7) is 9.86. The number of piperazine rings is 1. The topological polar surface area (TPSA) is 48.7 Å². The number of hydrogen-bond donors (Lipinski definition) is 1. The third-order valence-corrected chi connectivity index (χ3v) is 6.31. The van der Waals surface area contributed by atoms with E-state index in [1.54, 1.807) is 10.6 Å². The number of benzene rings is 2. The molecule has 0 saturated carbocycles. The van der Waals surface area contributed by atoms with Crippen LogP contribution in [0.25, 0.3) is 0 Å². The summed E-state index contributed by atoms with van der Waals surface area (Å²) in [5.74, 6) is 0.0864. The summed E-state index contributed by atoms with van der Waals surface area (Å²) in [6.07, 6.45) is 0. The molecule has 1 N–H and O–H groups in total. The van der Waals surface area contributed by atoms with Gasteiger partial charge in [0.2, 0.25) is 0 Å². The molecule has 31 heavy (non-hydrogen) atoms. The van der Waals surface area contributed by atoms with Crippen molar-refractivity contribution >= 4 is 5.69 Å². The van der Waals surface area contributed by atoms with E-state index in [4.69, 9.17) is 0 Å². The van der Waals surface area contributed by atoms with E-state index < -0.39 is 0 Å². The number of anilines is 1. The molecule has 0 bridgehead atoms. The van der Waals surface area contributed by atoms with Crippen molar-refractivity contribution in [2.75, 3.05) is 31.1 Å². The summed E-state index contributed by atoms with van der Waals surface area (Å²) in [7, 11) is 0. The van der Waals surface area contributed by atoms with Crippen molar-refractivity contribution in [3.63, 3.8) is 0 Å². The number of aryl methyl sites for hydroxylation is 2. The summed E-state index contributed by atoms with van der Waals surface area (Å²) < 4.78 is 1.75. The lowest BCUT2D eigenvalue weighted by molar-refractivity contribution is 0.207. The number of rotatable bonds is 5. The molecule has 0 aliphatic carbocycles. The molecule has 5 nitrogen and oxygen atoms in total. The Hall–Kier alpha value is -3.05. The smallest absolute Gasteiger partial charge is 0.259 e. The molecular formula is C26H31N3O2. The largest absolute Gasteiger partial charge is 0.507 e. The number of para-hydroxylation sites is 1. The van der Waals surface area contributed by atoms with E-state index in [1.165, 1.54) is 11.3 Å². The first-order chi connectivity index (χ1) is 15.0. The number of aromatic hydroxyl groups is 1. The zero-order chi connectivity index (χ0) is 22.0. The molecule has 0 radical (unpaired) electrons. The lowest BCUT2D eigenvalue weighted by Gasteiger charge is -2.40. The molecule has 0 amide bonds. The first-order valence-corrected chi connectivity index (χ1v) is 11.0. The third kappa shape index (κ3) is 4.23. The molecule has 0 spiro atoms. The van der Waals surface area contributed by atoms with Gasteiger partial charge in [-0.3, -0.25) is 9.69 Å². The summed E-state index contributed by atoms with van der Waals surface area (Å²) in [5.41, 5.74) is 4.60. The van der Waals surface area contributed by atoms with Crippen LogP contribution in [0.1, 0.15) is 35.3 Å². The van der Waals surface area contributed by atoms with E-state index in [0.717, 1.165) is 37.4 Å². The Bertz CT molecular complexity index is 1080. The van der Waals surface area contributed by atoms with Crippen molar-refractivity contribution in [1.29, 1.82) is 0 Å². The molecule has 0 unspecified atom stereocenters. The molecule has 1 atom stereocenters. The minimum atomic E-state index is -0.274. The minimum absolute atomic E-state index is 0.0864. The molecule has 162 valence electrons. The highest BCUT2D eigenvalue weighted by Crippen LogP contribution is 2.34. The SMILES string of the molecule is CCn1c(C)cc(O)c([C@H](c2ccc(C)cc2)N2CCN(c3ccccc3)CC2)c1=O. The third-order valence-electron chi connectivity index (χ3n) is 6.31. The predicted octanol–water partition coefficient (Wildman–Crippen LogP) is 4.10. The standard InChI is InChI=1S/C26H31N3O2/c1-4-29-20(3)18-23(30)24(26(29)31)25(21-12-10-19(2)11-13-21)28-16-14-27(15-17-28)22-8-6-5-7-9-22/h5-13,18,25,30H,4,14-17H2,1-3H3/t25-/m0/s1. The fourth-order valence-corrected chi connectivity index (χ4v) is 4.60. The fraction of sp³-hybridized carbons (Fsp3) is 0.346. The maximum atomic E-state index is 13.4. The summed E-state index contributed by atoms with van der Waals surface area (Å²) in [4.78, 5) is 18.1. The Morgan fingerprint density at radius 3 is 2.19 bits per heavy atom. The molecule has 1 aliphatic rings. The van der Waals surface area contributed by atoms with Crippen LogP contribution in [0.3, 0.4) is 0 Å². The van der Waals surface area contributed by atoms with Crippen LogP contribution in [-0.4, -0.2) is 40.8 Å². The van der Waals surface area contributed by atoms with Crippen LogP contribution in [0.5, 0.6) is 5.75 Å². The van der Waals surface area contributed by atoms with E-state index in [-0.39, 0.29) is 17.4 Å². The van der Waals surface area contributed by atoms with E-state index in [0.29, 0.717) is 12.1 Å². The average molecular weight is 418 g/mol. The van der Waals surface area contributed by atoms with Gasteiger partial charge in [-0.15, -0.1) is 0 Å². The maximum Gasteiger partial charge on any atom is 0.259 e. The fourth-order valence-electron chi connectivity index (χ4n) is 4.60. The number of hydrogen-bond acceptors (Lipinski definition) is 4. The van der Waals surface area contributed by atoms with Gasteiger partial charge in [0.15, 0.2) is 0 Å². The van der Waals surface area contributed by atoms with Gasteiger partial charge in [0.05, 0.1) is 11.6 Å².